The zero-order valence-corrected chi connectivity index (χ0v) is 11.8. The zero-order valence-electron chi connectivity index (χ0n) is 10.3. The molecule has 0 aliphatic rings. The first kappa shape index (κ1) is 16.0. The highest BCUT2D eigenvalue weighted by molar-refractivity contribution is 6.34. The summed E-state index contributed by atoms with van der Waals surface area (Å²) in [7, 11) is 0. The Labute approximate surface area is 124 Å². The Balaban J connectivity index is 2.79. The van der Waals surface area contributed by atoms with Gasteiger partial charge in [-0.2, -0.15) is 5.26 Å². The summed E-state index contributed by atoms with van der Waals surface area (Å²) in [6, 6.07) is 4.41. The van der Waals surface area contributed by atoms with Crippen LogP contribution in [0.2, 0.25) is 10.2 Å². The van der Waals surface area contributed by atoms with E-state index in [2.05, 4.69) is 4.98 Å². The third-order valence-electron chi connectivity index (χ3n) is 2.12. The smallest absolute Gasteiger partial charge is 0.359 e. The molecule has 8 heteroatoms. The Morgan fingerprint density at radius 3 is 2.65 bits per heavy atom. The largest absolute Gasteiger partial charge is 0.452 e. The second-order valence-electron chi connectivity index (χ2n) is 3.63. The highest BCUT2D eigenvalue weighted by Crippen LogP contribution is 2.17. The lowest BCUT2D eigenvalue weighted by atomic mass is 10.1. The lowest BCUT2D eigenvalue weighted by Crippen LogP contribution is -2.18. The molecule has 0 aromatic carbocycles. The van der Waals surface area contributed by atoms with Gasteiger partial charge < -0.3 is 10.5 Å². The number of ether oxygens (including phenoxy) is 1. The molecule has 20 heavy (non-hydrogen) atoms. The molecule has 0 spiro atoms. The maximum atomic E-state index is 11.7. The minimum Gasteiger partial charge on any atom is -0.452 e. The van der Waals surface area contributed by atoms with Crippen molar-refractivity contribution >= 4 is 35.0 Å². The molecule has 0 saturated carbocycles. The van der Waals surface area contributed by atoms with Crippen molar-refractivity contribution < 1.29 is 14.3 Å². The van der Waals surface area contributed by atoms with Gasteiger partial charge in [0.05, 0.1) is 5.02 Å². The summed E-state index contributed by atoms with van der Waals surface area (Å²) in [6.07, 6.45) is 0. The Kier molecular flexibility index (Phi) is 5.50. The van der Waals surface area contributed by atoms with Gasteiger partial charge in [0.15, 0.2) is 12.3 Å². The molecule has 0 aliphatic carbocycles. The lowest BCUT2D eigenvalue weighted by Gasteiger charge is -2.05. The second kappa shape index (κ2) is 6.89. The van der Waals surface area contributed by atoms with E-state index in [1.807, 2.05) is 0 Å². The molecule has 0 bridgehead atoms. The topological polar surface area (TPSA) is 106 Å². The van der Waals surface area contributed by atoms with Gasteiger partial charge in [-0.15, -0.1) is 0 Å². The first-order valence-electron chi connectivity index (χ1n) is 5.25. The maximum absolute atomic E-state index is 11.7. The van der Waals surface area contributed by atoms with Crippen LogP contribution >= 0.6 is 23.2 Å². The molecule has 0 amide bonds. The number of hydrogen-bond acceptors (Lipinski definition) is 6. The van der Waals surface area contributed by atoms with Crippen molar-refractivity contribution in [2.45, 2.75) is 6.92 Å². The quantitative estimate of drug-likeness (QED) is 0.393. The molecule has 0 aliphatic heterocycles. The van der Waals surface area contributed by atoms with E-state index in [1.165, 1.54) is 19.1 Å². The van der Waals surface area contributed by atoms with Crippen molar-refractivity contribution in [3.8, 4) is 6.07 Å². The fraction of sp³-hybridized carbons (Fsp3) is 0.167. The molecule has 2 N–H and O–H groups in total. The van der Waals surface area contributed by atoms with Crippen LogP contribution in [0.3, 0.4) is 0 Å². The van der Waals surface area contributed by atoms with Crippen molar-refractivity contribution in [1.29, 1.82) is 5.26 Å². The number of carbonyl (C=O) groups is 2. The van der Waals surface area contributed by atoms with E-state index in [4.69, 9.17) is 38.9 Å². The number of hydrogen-bond donors (Lipinski definition) is 1. The first-order chi connectivity index (χ1) is 9.36. The maximum Gasteiger partial charge on any atom is 0.359 e. The molecule has 6 nitrogen and oxygen atoms in total. The van der Waals surface area contributed by atoms with E-state index in [1.54, 1.807) is 6.07 Å². The number of halogens is 2. The van der Waals surface area contributed by atoms with Gasteiger partial charge >= 0.3 is 5.97 Å². The molecule has 0 atom stereocenters. The van der Waals surface area contributed by atoms with Gasteiger partial charge in [-0.3, -0.25) is 4.79 Å². The van der Waals surface area contributed by atoms with Crippen LogP contribution < -0.4 is 5.73 Å². The van der Waals surface area contributed by atoms with E-state index in [0.29, 0.717) is 0 Å². The predicted molar refractivity (Wildman–Crippen MR) is 72.0 cm³/mol. The van der Waals surface area contributed by atoms with Crippen LogP contribution in [0.15, 0.2) is 23.4 Å². The molecule has 1 rings (SSSR count). The number of ketones is 1. The van der Waals surface area contributed by atoms with Gasteiger partial charge in [0.25, 0.3) is 0 Å². The van der Waals surface area contributed by atoms with E-state index in [0.717, 1.165) is 0 Å². The summed E-state index contributed by atoms with van der Waals surface area (Å²) in [5.74, 6) is -1.63. The molecule has 0 radical (unpaired) electrons. The fourth-order valence-electron chi connectivity index (χ4n) is 1.20. The number of aromatic nitrogens is 1. The van der Waals surface area contributed by atoms with Crippen LogP contribution in [0.4, 0.5) is 0 Å². The van der Waals surface area contributed by atoms with E-state index >= 15 is 0 Å². The number of nitriles is 1. The van der Waals surface area contributed by atoms with Crippen LogP contribution in [0.5, 0.6) is 0 Å². The summed E-state index contributed by atoms with van der Waals surface area (Å²) < 4.78 is 4.72. The number of rotatable bonds is 4. The Hall–Kier alpha value is -2.10. The van der Waals surface area contributed by atoms with Crippen molar-refractivity contribution in [3.05, 3.63) is 39.3 Å². The normalized spacial score (nSPS) is 11.3. The summed E-state index contributed by atoms with van der Waals surface area (Å²) >= 11 is 11.4. The molecule has 104 valence electrons. The molecule has 0 fully saturated rings. The van der Waals surface area contributed by atoms with E-state index in [9.17, 15) is 9.59 Å². The third kappa shape index (κ3) is 3.95. The van der Waals surface area contributed by atoms with Gasteiger partial charge in [-0.05, 0) is 19.1 Å². The number of pyridine rings is 1. The van der Waals surface area contributed by atoms with Gasteiger partial charge in [-0.25, -0.2) is 9.78 Å². The van der Waals surface area contributed by atoms with Crippen molar-refractivity contribution in [1.82, 2.24) is 4.98 Å². The van der Waals surface area contributed by atoms with Crippen LogP contribution in [0.25, 0.3) is 0 Å². The van der Waals surface area contributed by atoms with E-state index < -0.39 is 18.4 Å². The molecule has 1 aromatic heterocycles. The Morgan fingerprint density at radius 2 is 2.10 bits per heavy atom. The number of nitrogens with zero attached hydrogens (tertiary/aromatic N) is 2. The van der Waals surface area contributed by atoms with Crippen LogP contribution in [-0.2, 0) is 9.53 Å². The fourth-order valence-corrected chi connectivity index (χ4v) is 1.53. The summed E-state index contributed by atoms with van der Waals surface area (Å²) in [5.41, 5.74) is 4.93. The van der Waals surface area contributed by atoms with Crippen LogP contribution in [-0.4, -0.2) is 23.3 Å². The molecular formula is C12H9Cl2N3O3. The van der Waals surface area contributed by atoms with Gasteiger partial charge in [-0.1, -0.05) is 23.2 Å². The number of nitrogens with two attached hydrogens (primary N) is 1. The predicted octanol–water partition coefficient (Wildman–Crippen LogP) is 1.87. The highest BCUT2D eigenvalue weighted by atomic mass is 35.5. The summed E-state index contributed by atoms with van der Waals surface area (Å²) in [4.78, 5) is 27.0. The number of carbonyl (C=O) groups excluding carboxylic acids is 2. The summed E-state index contributed by atoms with van der Waals surface area (Å²) in [6.45, 7) is 0.758. The monoisotopic (exact) mass is 313 g/mol. The zero-order chi connectivity index (χ0) is 15.3. The molecule has 1 aromatic rings. The SMILES string of the molecule is CC(N)=C(C#N)C(=O)COC(=O)c1nc(Cl)ccc1Cl. The van der Waals surface area contributed by atoms with Crippen molar-refractivity contribution in [3.63, 3.8) is 0 Å². The molecule has 1 heterocycles. The van der Waals surface area contributed by atoms with Crippen LogP contribution in [0, 0.1) is 11.3 Å². The minimum absolute atomic E-state index is 0.0397. The second-order valence-corrected chi connectivity index (χ2v) is 4.43. The lowest BCUT2D eigenvalue weighted by molar-refractivity contribution is -0.118. The first-order valence-corrected chi connectivity index (χ1v) is 6.01. The van der Waals surface area contributed by atoms with Crippen molar-refractivity contribution in [2.24, 2.45) is 5.73 Å². The average molecular weight is 314 g/mol. The van der Waals surface area contributed by atoms with Crippen molar-refractivity contribution in [2.75, 3.05) is 6.61 Å². The molecular weight excluding hydrogens is 305 g/mol. The van der Waals surface area contributed by atoms with E-state index in [-0.39, 0.29) is 27.1 Å². The molecule has 0 saturated heterocycles. The Bertz CT molecular complexity index is 631. The van der Waals surface area contributed by atoms with Crippen LogP contribution in [0.1, 0.15) is 17.4 Å². The third-order valence-corrected chi connectivity index (χ3v) is 2.64. The number of allylic oxidation sites excluding steroid dienone is 1. The van der Waals surface area contributed by atoms with Gasteiger partial charge in [0, 0.05) is 5.70 Å². The Morgan fingerprint density at radius 1 is 1.45 bits per heavy atom. The number of Topliss-reactive ketones (excluding diaryl/α,β-unsaturated/α-hetero) is 1. The number of esters is 1. The summed E-state index contributed by atoms with van der Waals surface area (Å²) in [5, 5.41) is 8.83. The van der Waals surface area contributed by atoms with Gasteiger partial charge in [0.1, 0.15) is 16.8 Å². The highest BCUT2D eigenvalue weighted by Gasteiger charge is 2.18. The average Bonchev–Trinajstić information content (AvgIpc) is 2.39. The minimum atomic E-state index is -0.919. The standard InChI is InChI=1S/C12H9Cl2N3O3/c1-6(16)7(4-15)9(18)5-20-12(19)11-8(13)2-3-10(14)17-11/h2-3H,5,16H2,1H3. The van der Waals surface area contributed by atoms with Gasteiger partial charge in [0.2, 0.25) is 5.78 Å². The molecule has 0 unspecified atom stereocenters.